The van der Waals surface area contributed by atoms with E-state index in [2.05, 4.69) is 13.2 Å². The first-order chi connectivity index (χ1) is 11.8. The fourth-order valence-corrected chi connectivity index (χ4v) is 2.74. The standard InChI is InChI=1S/C20H32O6/c1-13(2)17(21)25-19(5,6)23-15-9-11-16(12-10-15)24-20(7,8)26-18(22)14(3)4/h15-16H,1,3,9-12H2,2,4-8H3. The molecule has 0 aromatic heterocycles. The lowest BCUT2D eigenvalue weighted by atomic mass is 9.94. The van der Waals surface area contributed by atoms with Gasteiger partial charge in [-0.3, -0.25) is 0 Å². The minimum Gasteiger partial charge on any atom is -0.430 e. The third kappa shape index (κ3) is 7.70. The molecule has 0 aromatic rings. The van der Waals surface area contributed by atoms with Crippen LogP contribution in [0.15, 0.2) is 24.3 Å². The Balaban J connectivity index is 2.47. The van der Waals surface area contributed by atoms with Crippen LogP contribution in [-0.4, -0.2) is 35.7 Å². The van der Waals surface area contributed by atoms with Crippen molar-refractivity contribution in [2.45, 2.75) is 91.0 Å². The second kappa shape index (κ2) is 8.82. The molecule has 0 bridgehead atoms. The van der Waals surface area contributed by atoms with E-state index in [-0.39, 0.29) is 12.2 Å². The monoisotopic (exact) mass is 368 g/mol. The highest BCUT2D eigenvalue weighted by atomic mass is 16.7. The fourth-order valence-electron chi connectivity index (χ4n) is 2.74. The first-order valence-corrected chi connectivity index (χ1v) is 8.94. The maximum Gasteiger partial charge on any atom is 0.335 e. The highest BCUT2D eigenvalue weighted by Crippen LogP contribution is 2.30. The molecule has 6 heteroatoms. The molecule has 0 atom stereocenters. The molecule has 0 unspecified atom stereocenters. The lowest BCUT2D eigenvalue weighted by Gasteiger charge is -2.37. The summed E-state index contributed by atoms with van der Waals surface area (Å²) in [6.07, 6.45) is 3.02. The van der Waals surface area contributed by atoms with Crippen molar-refractivity contribution >= 4 is 11.9 Å². The summed E-state index contributed by atoms with van der Waals surface area (Å²) >= 11 is 0. The van der Waals surface area contributed by atoms with Gasteiger partial charge in [0.15, 0.2) is 0 Å². The fraction of sp³-hybridized carbons (Fsp3) is 0.700. The van der Waals surface area contributed by atoms with Gasteiger partial charge in [-0.1, -0.05) is 13.2 Å². The summed E-state index contributed by atoms with van der Waals surface area (Å²) < 4.78 is 22.5. The molecule has 0 radical (unpaired) electrons. The predicted octanol–water partition coefficient (Wildman–Crippen LogP) is 4.04. The van der Waals surface area contributed by atoms with Gasteiger partial charge in [-0.15, -0.1) is 0 Å². The quantitative estimate of drug-likeness (QED) is 0.366. The molecule has 0 spiro atoms. The van der Waals surface area contributed by atoms with E-state index in [0.29, 0.717) is 11.1 Å². The SMILES string of the molecule is C=C(C)C(=O)OC(C)(C)OC1CCC(OC(C)(C)OC(=O)C(=C)C)CC1. The molecule has 0 heterocycles. The van der Waals surface area contributed by atoms with Crippen LogP contribution in [0.3, 0.4) is 0 Å². The lowest BCUT2D eigenvalue weighted by molar-refractivity contribution is -0.251. The Kier molecular flexibility index (Phi) is 7.59. The molecule has 0 amide bonds. The molecule has 0 N–H and O–H groups in total. The van der Waals surface area contributed by atoms with E-state index in [0.717, 1.165) is 25.7 Å². The van der Waals surface area contributed by atoms with Gasteiger partial charge >= 0.3 is 11.9 Å². The van der Waals surface area contributed by atoms with Gasteiger partial charge in [-0.05, 0) is 39.5 Å². The summed E-state index contributed by atoms with van der Waals surface area (Å²) in [4.78, 5) is 23.4. The van der Waals surface area contributed by atoms with Gasteiger partial charge in [-0.2, -0.15) is 0 Å². The van der Waals surface area contributed by atoms with E-state index in [9.17, 15) is 9.59 Å². The summed E-state index contributed by atoms with van der Waals surface area (Å²) in [6.45, 7) is 17.2. The van der Waals surface area contributed by atoms with Crippen LogP contribution in [0.1, 0.15) is 67.2 Å². The molecule has 0 aliphatic heterocycles. The molecular formula is C20H32O6. The second-order valence-corrected chi connectivity index (χ2v) is 7.77. The molecule has 0 saturated heterocycles. The van der Waals surface area contributed by atoms with Gasteiger partial charge in [0.05, 0.1) is 12.2 Å². The number of rotatable bonds is 8. The Morgan fingerprint density at radius 1 is 0.731 bits per heavy atom. The van der Waals surface area contributed by atoms with E-state index in [1.807, 2.05) is 0 Å². The average Bonchev–Trinajstić information content (AvgIpc) is 2.47. The van der Waals surface area contributed by atoms with Gasteiger partial charge in [0.1, 0.15) is 0 Å². The molecule has 1 fully saturated rings. The highest BCUT2D eigenvalue weighted by molar-refractivity contribution is 5.87. The molecule has 1 rings (SSSR count). The molecule has 1 saturated carbocycles. The normalized spacial score (nSPS) is 21.0. The largest absolute Gasteiger partial charge is 0.430 e. The summed E-state index contributed by atoms with van der Waals surface area (Å²) in [5.74, 6) is -2.95. The number of ether oxygens (including phenoxy) is 4. The minimum absolute atomic E-state index is 0.0242. The van der Waals surface area contributed by atoms with E-state index in [1.165, 1.54) is 0 Å². The third-order valence-electron chi connectivity index (χ3n) is 3.90. The van der Waals surface area contributed by atoms with Crippen LogP contribution in [-0.2, 0) is 28.5 Å². The molecule has 26 heavy (non-hydrogen) atoms. The second-order valence-electron chi connectivity index (χ2n) is 7.77. The number of esters is 2. The third-order valence-corrected chi connectivity index (χ3v) is 3.90. The maximum atomic E-state index is 11.7. The summed E-state index contributed by atoms with van der Waals surface area (Å²) in [5, 5.41) is 0. The van der Waals surface area contributed by atoms with Crippen LogP contribution in [0.5, 0.6) is 0 Å². The van der Waals surface area contributed by atoms with Gasteiger partial charge in [0.25, 0.3) is 0 Å². The molecule has 1 aliphatic carbocycles. The molecule has 1 aliphatic rings. The van der Waals surface area contributed by atoms with Crippen molar-refractivity contribution in [1.82, 2.24) is 0 Å². The van der Waals surface area contributed by atoms with Gasteiger partial charge in [-0.25, -0.2) is 9.59 Å². The summed E-state index contributed by atoms with van der Waals surface area (Å²) in [6, 6.07) is 0. The lowest BCUT2D eigenvalue weighted by Crippen LogP contribution is -2.41. The Labute approximate surface area is 156 Å². The predicted molar refractivity (Wildman–Crippen MR) is 98.2 cm³/mol. The van der Waals surface area contributed by atoms with Gasteiger partial charge in [0.2, 0.25) is 11.6 Å². The van der Waals surface area contributed by atoms with Crippen molar-refractivity contribution in [3.05, 3.63) is 24.3 Å². The van der Waals surface area contributed by atoms with Crippen molar-refractivity contribution in [2.24, 2.45) is 0 Å². The molecule has 148 valence electrons. The van der Waals surface area contributed by atoms with E-state index >= 15 is 0 Å². The van der Waals surface area contributed by atoms with Gasteiger partial charge in [0, 0.05) is 38.8 Å². The molecule has 6 nitrogen and oxygen atoms in total. The molecule has 0 aromatic carbocycles. The van der Waals surface area contributed by atoms with Crippen LogP contribution in [0.4, 0.5) is 0 Å². The van der Waals surface area contributed by atoms with Crippen molar-refractivity contribution in [3.63, 3.8) is 0 Å². The smallest absolute Gasteiger partial charge is 0.335 e. The van der Waals surface area contributed by atoms with Crippen molar-refractivity contribution < 1.29 is 28.5 Å². The number of hydrogen-bond donors (Lipinski definition) is 0. The zero-order chi connectivity index (χ0) is 20.1. The van der Waals surface area contributed by atoms with Crippen molar-refractivity contribution in [3.8, 4) is 0 Å². The van der Waals surface area contributed by atoms with E-state index < -0.39 is 23.5 Å². The molecular weight excluding hydrogens is 336 g/mol. The number of hydrogen-bond acceptors (Lipinski definition) is 6. The topological polar surface area (TPSA) is 71.1 Å². The van der Waals surface area contributed by atoms with E-state index in [4.69, 9.17) is 18.9 Å². The Hall–Kier alpha value is -1.66. The van der Waals surface area contributed by atoms with E-state index in [1.54, 1.807) is 41.5 Å². The van der Waals surface area contributed by atoms with Crippen LogP contribution < -0.4 is 0 Å². The van der Waals surface area contributed by atoms with Crippen molar-refractivity contribution in [2.75, 3.05) is 0 Å². The number of carbonyl (C=O) groups excluding carboxylic acids is 2. The Morgan fingerprint density at radius 2 is 1.00 bits per heavy atom. The first kappa shape index (κ1) is 22.4. The minimum atomic E-state index is -1.01. The maximum absolute atomic E-state index is 11.7. The van der Waals surface area contributed by atoms with Crippen LogP contribution >= 0.6 is 0 Å². The Bertz CT molecular complexity index is 503. The average molecular weight is 368 g/mol. The van der Waals surface area contributed by atoms with Gasteiger partial charge < -0.3 is 18.9 Å². The summed E-state index contributed by atoms with van der Waals surface area (Å²) in [7, 11) is 0. The summed E-state index contributed by atoms with van der Waals surface area (Å²) in [5.41, 5.74) is 0.677. The Morgan fingerprint density at radius 3 is 1.23 bits per heavy atom. The number of carbonyl (C=O) groups is 2. The first-order valence-electron chi connectivity index (χ1n) is 8.94. The van der Waals surface area contributed by atoms with Crippen molar-refractivity contribution in [1.29, 1.82) is 0 Å². The highest BCUT2D eigenvalue weighted by Gasteiger charge is 2.34. The van der Waals surface area contributed by atoms with Crippen LogP contribution in [0.25, 0.3) is 0 Å². The zero-order valence-corrected chi connectivity index (χ0v) is 16.8. The van der Waals surface area contributed by atoms with Crippen LogP contribution in [0.2, 0.25) is 0 Å². The van der Waals surface area contributed by atoms with Crippen LogP contribution in [0, 0.1) is 0 Å². The zero-order valence-electron chi connectivity index (χ0n) is 16.8.